The van der Waals surface area contributed by atoms with E-state index in [4.69, 9.17) is 4.74 Å². The van der Waals surface area contributed by atoms with Gasteiger partial charge in [0.1, 0.15) is 6.61 Å². The van der Waals surface area contributed by atoms with E-state index in [0.29, 0.717) is 24.0 Å². The van der Waals surface area contributed by atoms with Crippen molar-refractivity contribution in [2.75, 3.05) is 0 Å². The van der Waals surface area contributed by atoms with Crippen molar-refractivity contribution in [1.82, 2.24) is 29.8 Å². The first-order valence-electron chi connectivity index (χ1n) is 8.47. The molecule has 130 valence electrons. The molecular formula is C20H14N6O. The van der Waals surface area contributed by atoms with Gasteiger partial charge in [-0.2, -0.15) is 4.52 Å². The van der Waals surface area contributed by atoms with Gasteiger partial charge in [-0.3, -0.25) is 9.97 Å². The van der Waals surface area contributed by atoms with E-state index in [1.165, 1.54) is 0 Å². The van der Waals surface area contributed by atoms with E-state index in [1.807, 2.05) is 54.6 Å². The molecule has 0 atom stereocenters. The Bertz CT molecular complexity index is 1220. The van der Waals surface area contributed by atoms with Gasteiger partial charge in [0, 0.05) is 24.2 Å². The van der Waals surface area contributed by atoms with Crippen molar-refractivity contribution in [1.29, 1.82) is 0 Å². The molecule has 27 heavy (non-hydrogen) atoms. The monoisotopic (exact) mass is 354 g/mol. The average molecular weight is 354 g/mol. The molecule has 0 amide bonds. The third-order valence-electron chi connectivity index (χ3n) is 4.24. The van der Waals surface area contributed by atoms with Gasteiger partial charge in [0.05, 0.1) is 16.5 Å². The van der Waals surface area contributed by atoms with Gasteiger partial charge < -0.3 is 4.74 Å². The lowest BCUT2D eigenvalue weighted by molar-refractivity contribution is 0.289. The minimum absolute atomic E-state index is 0.319. The molecule has 0 aliphatic heterocycles. The number of aromatic nitrogens is 6. The van der Waals surface area contributed by atoms with Gasteiger partial charge in [-0.05, 0) is 18.2 Å². The smallest absolute Gasteiger partial charge is 0.240 e. The number of hydrogen-bond donors (Lipinski definition) is 0. The molecular weight excluding hydrogens is 340 g/mol. The van der Waals surface area contributed by atoms with Crippen molar-refractivity contribution in [2.45, 2.75) is 6.61 Å². The first-order valence-corrected chi connectivity index (χ1v) is 8.47. The lowest BCUT2D eigenvalue weighted by Gasteiger charge is -2.09. The Morgan fingerprint density at radius 1 is 0.852 bits per heavy atom. The summed E-state index contributed by atoms with van der Waals surface area (Å²) in [4.78, 5) is 8.52. The first-order chi connectivity index (χ1) is 13.4. The summed E-state index contributed by atoms with van der Waals surface area (Å²) in [5.41, 5.74) is 2.40. The number of pyridine rings is 2. The van der Waals surface area contributed by atoms with E-state index in [9.17, 15) is 0 Å². The fourth-order valence-electron chi connectivity index (χ4n) is 2.95. The Balaban J connectivity index is 1.66. The van der Waals surface area contributed by atoms with Crippen LogP contribution in [0.25, 0.3) is 27.8 Å². The first kappa shape index (κ1) is 15.4. The number of benzene rings is 1. The Hall–Kier alpha value is -3.87. The Morgan fingerprint density at radius 3 is 2.59 bits per heavy atom. The van der Waals surface area contributed by atoms with Gasteiger partial charge in [-0.25, -0.2) is 0 Å². The van der Waals surface area contributed by atoms with Gasteiger partial charge >= 0.3 is 0 Å². The molecule has 4 heterocycles. The van der Waals surface area contributed by atoms with E-state index >= 15 is 0 Å². The summed E-state index contributed by atoms with van der Waals surface area (Å²) >= 11 is 0. The number of fused-ring (bicyclic) bond motifs is 3. The molecule has 0 unspecified atom stereocenters. The molecule has 0 saturated carbocycles. The molecule has 7 heteroatoms. The van der Waals surface area contributed by atoms with Crippen LogP contribution in [0.3, 0.4) is 0 Å². The van der Waals surface area contributed by atoms with Crippen molar-refractivity contribution in [3.63, 3.8) is 0 Å². The molecule has 4 aromatic heterocycles. The van der Waals surface area contributed by atoms with Crippen LogP contribution in [0.2, 0.25) is 0 Å². The van der Waals surface area contributed by atoms with E-state index < -0.39 is 0 Å². The lowest BCUT2D eigenvalue weighted by atomic mass is 10.2. The van der Waals surface area contributed by atoms with Gasteiger partial charge in [0.25, 0.3) is 0 Å². The van der Waals surface area contributed by atoms with Gasteiger partial charge in [0.15, 0.2) is 11.5 Å². The zero-order valence-electron chi connectivity index (χ0n) is 14.2. The van der Waals surface area contributed by atoms with Crippen LogP contribution in [0, 0.1) is 0 Å². The number of ether oxygens (including phenoxy) is 1. The lowest BCUT2D eigenvalue weighted by Crippen LogP contribution is -2.04. The summed E-state index contributed by atoms with van der Waals surface area (Å²) in [7, 11) is 0. The fraction of sp³-hybridized carbons (Fsp3) is 0.0500. The average Bonchev–Trinajstić information content (AvgIpc) is 3.17. The third-order valence-corrected chi connectivity index (χ3v) is 4.24. The molecule has 0 N–H and O–H groups in total. The molecule has 0 spiro atoms. The van der Waals surface area contributed by atoms with Gasteiger partial charge in [-0.15, -0.1) is 15.3 Å². The quantitative estimate of drug-likeness (QED) is 0.493. The van der Waals surface area contributed by atoms with E-state index in [1.54, 1.807) is 23.1 Å². The summed E-state index contributed by atoms with van der Waals surface area (Å²) in [6, 6.07) is 17.4. The second kappa shape index (κ2) is 6.45. The van der Waals surface area contributed by atoms with Crippen molar-refractivity contribution in [3.05, 3.63) is 78.9 Å². The highest BCUT2D eigenvalue weighted by atomic mass is 16.5. The predicted octanol–water partition coefficient (Wildman–Crippen LogP) is 3.31. The minimum Gasteiger partial charge on any atom is -0.470 e. The maximum Gasteiger partial charge on any atom is 0.240 e. The third kappa shape index (κ3) is 2.75. The minimum atomic E-state index is 0.319. The van der Waals surface area contributed by atoms with E-state index in [0.717, 1.165) is 22.0 Å². The second-order valence-electron chi connectivity index (χ2n) is 5.96. The summed E-state index contributed by atoms with van der Waals surface area (Å²) in [5, 5.41) is 15.0. The highest BCUT2D eigenvalue weighted by Crippen LogP contribution is 2.28. The van der Waals surface area contributed by atoms with Gasteiger partial charge in [-0.1, -0.05) is 36.4 Å². The number of hydrogen-bond acceptors (Lipinski definition) is 6. The Labute approximate surface area is 154 Å². The summed E-state index contributed by atoms with van der Waals surface area (Å²) in [5.74, 6) is 1.14. The summed E-state index contributed by atoms with van der Waals surface area (Å²) in [6.07, 6.45) is 5.21. The molecule has 5 rings (SSSR count). The molecule has 1 aromatic carbocycles. The van der Waals surface area contributed by atoms with Crippen LogP contribution in [0.1, 0.15) is 5.69 Å². The van der Waals surface area contributed by atoms with Crippen LogP contribution in [0.4, 0.5) is 0 Å². The van der Waals surface area contributed by atoms with Crippen LogP contribution in [0.15, 0.2) is 73.2 Å². The SMILES string of the molecule is c1ccc(-c2nnc3c4cnccc4c(OCc4ccccn4)nn23)cc1. The highest BCUT2D eigenvalue weighted by molar-refractivity contribution is 5.96. The zero-order chi connectivity index (χ0) is 18.1. The number of rotatable bonds is 4. The molecule has 0 radical (unpaired) electrons. The highest BCUT2D eigenvalue weighted by Gasteiger charge is 2.16. The van der Waals surface area contributed by atoms with E-state index in [-0.39, 0.29) is 0 Å². The predicted molar refractivity (Wildman–Crippen MR) is 100 cm³/mol. The molecule has 0 aliphatic carbocycles. The van der Waals surface area contributed by atoms with E-state index in [2.05, 4.69) is 25.3 Å². The van der Waals surface area contributed by atoms with Crippen molar-refractivity contribution in [3.8, 4) is 17.3 Å². The molecule has 0 bridgehead atoms. The van der Waals surface area contributed by atoms with Gasteiger partial charge in [0.2, 0.25) is 5.88 Å². The van der Waals surface area contributed by atoms with Crippen LogP contribution in [-0.2, 0) is 6.61 Å². The van der Waals surface area contributed by atoms with Crippen LogP contribution >= 0.6 is 0 Å². The van der Waals surface area contributed by atoms with Crippen molar-refractivity contribution in [2.24, 2.45) is 0 Å². The molecule has 0 fully saturated rings. The maximum absolute atomic E-state index is 6.00. The standard InChI is InChI=1S/C20H14N6O/c1-2-6-14(7-3-1)18-23-24-19-17-12-21-11-9-16(17)20(25-26(18)19)27-13-15-8-4-5-10-22-15/h1-12H,13H2. The Morgan fingerprint density at radius 2 is 1.74 bits per heavy atom. The topological polar surface area (TPSA) is 78.1 Å². The molecule has 7 nitrogen and oxygen atoms in total. The fourth-order valence-corrected chi connectivity index (χ4v) is 2.95. The molecule has 0 aliphatic rings. The van der Waals surface area contributed by atoms with Crippen LogP contribution in [-0.4, -0.2) is 29.8 Å². The molecule has 0 saturated heterocycles. The van der Waals surface area contributed by atoms with Crippen molar-refractivity contribution < 1.29 is 4.74 Å². The summed E-state index contributed by atoms with van der Waals surface area (Å²) < 4.78 is 7.70. The second-order valence-corrected chi connectivity index (χ2v) is 5.96. The van der Waals surface area contributed by atoms with Crippen molar-refractivity contribution >= 4 is 16.4 Å². The van der Waals surface area contributed by atoms with Crippen LogP contribution in [0.5, 0.6) is 5.88 Å². The summed E-state index contributed by atoms with van der Waals surface area (Å²) in [6.45, 7) is 0.319. The largest absolute Gasteiger partial charge is 0.470 e. The molecule has 5 aromatic rings. The van der Waals surface area contributed by atoms with Crippen LogP contribution < -0.4 is 4.74 Å². The maximum atomic E-state index is 6.00. The number of nitrogens with zero attached hydrogens (tertiary/aromatic N) is 6. The normalized spacial score (nSPS) is 11.1. The Kier molecular flexibility index (Phi) is 3.68. The zero-order valence-corrected chi connectivity index (χ0v) is 14.2.